The number of rotatable bonds is 3. The number of hydrogen-bond acceptors (Lipinski definition) is 4. The van der Waals surface area contributed by atoms with Crippen molar-refractivity contribution in [2.24, 2.45) is 0 Å². The molecule has 1 aromatic heterocycles. The Bertz CT molecular complexity index is 552. The van der Waals surface area contributed by atoms with Gasteiger partial charge in [0.2, 0.25) is 0 Å². The molecule has 0 bridgehead atoms. The minimum atomic E-state index is -0.479. The number of benzene rings is 1. The van der Waals surface area contributed by atoms with Crippen molar-refractivity contribution in [3.8, 4) is 11.5 Å². The summed E-state index contributed by atoms with van der Waals surface area (Å²) in [7, 11) is 0. The first-order valence-electron chi connectivity index (χ1n) is 5.40. The second kappa shape index (κ2) is 4.79. The Hall–Kier alpha value is -2.50. The Kier molecular flexibility index (Phi) is 3.18. The van der Waals surface area contributed by atoms with Gasteiger partial charge in [-0.05, 0) is 25.1 Å². The Morgan fingerprint density at radius 3 is 2.89 bits per heavy atom. The monoisotopic (exact) mass is 247 g/mol. The number of phenolic OH excluding ortho intramolecular Hbond substituents is 2. The SMILES string of the molecule is CC(NC(=O)c1cc(O)ccc1O)c1ncc[nH]1. The maximum atomic E-state index is 11.9. The molecule has 0 aliphatic heterocycles. The number of aromatic hydroxyl groups is 2. The summed E-state index contributed by atoms with van der Waals surface area (Å²) in [6.07, 6.45) is 3.24. The van der Waals surface area contributed by atoms with Gasteiger partial charge in [0, 0.05) is 12.4 Å². The summed E-state index contributed by atoms with van der Waals surface area (Å²) >= 11 is 0. The summed E-state index contributed by atoms with van der Waals surface area (Å²) in [4.78, 5) is 18.8. The second-order valence-corrected chi connectivity index (χ2v) is 3.87. The maximum Gasteiger partial charge on any atom is 0.255 e. The number of H-pyrrole nitrogens is 1. The fraction of sp³-hybridized carbons (Fsp3) is 0.167. The number of phenols is 2. The van der Waals surface area contributed by atoms with Crippen LogP contribution in [0.2, 0.25) is 0 Å². The van der Waals surface area contributed by atoms with E-state index in [2.05, 4.69) is 15.3 Å². The Morgan fingerprint density at radius 1 is 1.44 bits per heavy atom. The average molecular weight is 247 g/mol. The molecule has 18 heavy (non-hydrogen) atoms. The third-order valence-corrected chi connectivity index (χ3v) is 2.50. The van der Waals surface area contributed by atoms with E-state index in [1.54, 1.807) is 19.3 Å². The molecule has 0 aliphatic rings. The van der Waals surface area contributed by atoms with E-state index in [1.807, 2.05) is 0 Å². The van der Waals surface area contributed by atoms with E-state index in [9.17, 15) is 15.0 Å². The van der Waals surface area contributed by atoms with E-state index in [4.69, 9.17) is 0 Å². The van der Waals surface area contributed by atoms with Crippen LogP contribution in [0.1, 0.15) is 29.1 Å². The summed E-state index contributed by atoms with van der Waals surface area (Å²) in [5, 5.41) is 21.5. The fourth-order valence-electron chi connectivity index (χ4n) is 1.56. The van der Waals surface area contributed by atoms with Crippen molar-refractivity contribution in [1.82, 2.24) is 15.3 Å². The zero-order valence-corrected chi connectivity index (χ0v) is 9.71. The molecule has 1 atom stereocenters. The van der Waals surface area contributed by atoms with Gasteiger partial charge in [-0.3, -0.25) is 4.79 Å². The van der Waals surface area contributed by atoms with E-state index in [0.717, 1.165) is 0 Å². The third kappa shape index (κ3) is 2.42. The quantitative estimate of drug-likeness (QED) is 0.614. The molecule has 1 amide bonds. The highest BCUT2D eigenvalue weighted by molar-refractivity contribution is 5.97. The lowest BCUT2D eigenvalue weighted by atomic mass is 10.1. The molecule has 0 radical (unpaired) electrons. The van der Waals surface area contributed by atoms with Crippen molar-refractivity contribution in [3.63, 3.8) is 0 Å². The molecular weight excluding hydrogens is 234 g/mol. The van der Waals surface area contributed by atoms with Gasteiger partial charge in [0.15, 0.2) is 0 Å². The summed E-state index contributed by atoms with van der Waals surface area (Å²) in [5.41, 5.74) is 0.0217. The molecule has 2 aromatic rings. The second-order valence-electron chi connectivity index (χ2n) is 3.87. The number of carbonyl (C=O) groups is 1. The van der Waals surface area contributed by atoms with Crippen LogP contribution in [0.25, 0.3) is 0 Å². The van der Waals surface area contributed by atoms with Gasteiger partial charge in [0.1, 0.15) is 17.3 Å². The number of imidazole rings is 1. The first-order chi connectivity index (χ1) is 8.58. The van der Waals surface area contributed by atoms with Crippen LogP contribution < -0.4 is 5.32 Å². The predicted molar refractivity (Wildman–Crippen MR) is 64.2 cm³/mol. The highest BCUT2D eigenvalue weighted by Crippen LogP contribution is 2.22. The van der Waals surface area contributed by atoms with Crippen molar-refractivity contribution in [1.29, 1.82) is 0 Å². The number of carbonyl (C=O) groups excluding carboxylic acids is 1. The van der Waals surface area contributed by atoms with Gasteiger partial charge in [-0.1, -0.05) is 0 Å². The van der Waals surface area contributed by atoms with E-state index < -0.39 is 5.91 Å². The Labute approximate surface area is 103 Å². The lowest BCUT2D eigenvalue weighted by molar-refractivity contribution is 0.0935. The largest absolute Gasteiger partial charge is 0.508 e. The number of hydrogen-bond donors (Lipinski definition) is 4. The van der Waals surface area contributed by atoms with Gasteiger partial charge in [0.25, 0.3) is 5.91 Å². The van der Waals surface area contributed by atoms with E-state index in [-0.39, 0.29) is 23.1 Å². The fourth-order valence-corrected chi connectivity index (χ4v) is 1.56. The summed E-state index contributed by atoms with van der Waals surface area (Å²) in [5.74, 6) is -0.129. The third-order valence-electron chi connectivity index (χ3n) is 2.50. The van der Waals surface area contributed by atoms with E-state index >= 15 is 0 Å². The Morgan fingerprint density at radius 2 is 2.22 bits per heavy atom. The molecule has 4 N–H and O–H groups in total. The molecule has 0 saturated heterocycles. The van der Waals surface area contributed by atoms with Crippen LogP contribution in [0.15, 0.2) is 30.6 Å². The molecule has 6 heteroatoms. The van der Waals surface area contributed by atoms with Crippen molar-refractivity contribution < 1.29 is 15.0 Å². The highest BCUT2D eigenvalue weighted by atomic mass is 16.3. The number of aromatic amines is 1. The van der Waals surface area contributed by atoms with Crippen molar-refractivity contribution in [2.75, 3.05) is 0 Å². The zero-order valence-electron chi connectivity index (χ0n) is 9.71. The minimum Gasteiger partial charge on any atom is -0.508 e. The van der Waals surface area contributed by atoms with E-state index in [0.29, 0.717) is 5.82 Å². The smallest absolute Gasteiger partial charge is 0.255 e. The maximum absolute atomic E-state index is 11.9. The molecule has 2 rings (SSSR count). The van der Waals surface area contributed by atoms with Crippen LogP contribution in [0.5, 0.6) is 11.5 Å². The molecular formula is C12H13N3O3. The van der Waals surface area contributed by atoms with Crippen molar-refractivity contribution in [2.45, 2.75) is 13.0 Å². The molecule has 6 nitrogen and oxygen atoms in total. The van der Waals surface area contributed by atoms with Crippen LogP contribution in [-0.4, -0.2) is 26.1 Å². The number of nitrogens with zero attached hydrogens (tertiary/aromatic N) is 1. The number of amides is 1. The van der Waals surface area contributed by atoms with Gasteiger partial charge >= 0.3 is 0 Å². The standard InChI is InChI=1S/C12H13N3O3/c1-7(11-13-4-5-14-11)15-12(18)9-6-8(16)2-3-10(9)17/h2-7,16-17H,1H3,(H,13,14)(H,15,18). The van der Waals surface area contributed by atoms with Crippen LogP contribution in [0.3, 0.4) is 0 Å². The van der Waals surface area contributed by atoms with Crippen molar-refractivity contribution in [3.05, 3.63) is 42.0 Å². The normalized spacial score (nSPS) is 12.1. The zero-order chi connectivity index (χ0) is 13.1. The summed E-state index contributed by atoms with van der Waals surface area (Å²) < 4.78 is 0. The van der Waals surface area contributed by atoms with Gasteiger partial charge in [-0.2, -0.15) is 0 Å². The lowest BCUT2D eigenvalue weighted by Crippen LogP contribution is -2.27. The minimum absolute atomic E-state index is 0.0217. The number of nitrogens with one attached hydrogen (secondary N) is 2. The molecule has 0 saturated carbocycles. The van der Waals surface area contributed by atoms with Crippen LogP contribution >= 0.6 is 0 Å². The molecule has 1 aromatic carbocycles. The average Bonchev–Trinajstić information content (AvgIpc) is 2.85. The lowest BCUT2D eigenvalue weighted by Gasteiger charge is -2.12. The molecule has 1 unspecified atom stereocenters. The van der Waals surface area contributed by atoms with Crippen LogP contribution in [-0.2, 0) is 0 Å². The molecule has 1 heterocycles. The molecule has 94 valence electrons. The topological polar surface area (TPSA) is 98.2 Å². The van der Waals surface area contributed by atoms with Gasteiger partial charge in [0.05, 0.1) is 11.6 Å². The number of aromatic nitrogens is 2. The van der Waals surface area contributed by atoms with Gasteiger partial charge < -0.3 is 20.5 Å². The van der Waals surface area contributed by atoms with E-state index in [1.165, 1.54) is 18.2 Å². The first-order valence-corrected chi connectivity index (χ1v) is 5.40. The predicted octanol–water partition coefficient (Wildman–Crippen LogP) is 1.31. The highest BCUT2D eigenvalue weighted by Gasteiger charge is 2.16. The summed E-state index contributed by atoms with van der Waals surface area (Å²) in [6, 6.07) is 3.46. The summed E-state index contributed by atoms with van der Waals surface area (Å²) in [6.45, 7) is 1.76. The van der Waals surface area contributed by atoms with Crippen LogP contribution in [0.4, 0.5) is 0 Å². The first kappa shape index (κ1) is 12.0. The van der Waals surface area contributed by atoms with Gasteiger partial charge in [-0.15, -0.1) is 0 Å². The van der Waals surface area contributed by atoms with Crippen LogP contribution in [0, 0.1) is 0 Å². The molecule has 0 aliphatic carbocycles. The van der Waals surface area contributed by atoms with Crippen molar-refractivity contribution >= 4 is 5.91 Å². The van der Waals surface area contributed by atoms with Gasteiger partial charge in [-0.25, -0.2) is 4.98 Å². The Balaban J connectivity index is 2.15. The molecule has 0 fully saturated rings. The molecule has 0 spiro atoms.